The van der Waals surface area contributed by atoms with E-state index in [0.717, 1.165) is 24.5 Å². The van der Waals surface area contributed by atoms with E-state index in [1.54, 1.807) is 63.9 Å². The Morgan fingerprint density at radius 3 is 1.58 bits per heavy atom. The van der Waals surface area contributed by atoms with Crippen LogP contribution < -0.4 is 25.4 Å². The van der Waals surface area contributed by atoms with Gasteiger partial charge in [-0.05, 0) is 62.7 Å². The minimum absolute atomic E-state index is 0.0773. The van der Waals surface area contributed by atoms with Gasteiger partial charge in [0.2, 0.25) is 5.91 Å². The summed E-state index contributed by atoms with van der Waals surface area (Å²) in [6, 6.07) is 15.8. The third-order valence-electron chi connectivity index (χ3n) is 14.3. The number of methoxy groups -OCH3 is 1. The molecule has 498 valence electrons. The van der Waals surface area contributed by atoms with Gasteiger partial charge in [0.1, 0.15) is 24.4 Å². The molecule has 0 atom stereocenters. The predicted octanol–water partition coefficient (Wildman–Crippen LogP) is 3.82. The smallest absolute Gasteiger partial charge is 0.319 e. The number of hydrogen-bond acceptors (Lipinski definition) is 20. The van der Waals surface area contributed by atoms with Gasteiger partial charge in [0.25, 0.3) is 5.91 Å². The van der Waals surface area contributed by atoms with E-state index < -0.39 is 23.5 Å². The van der Waals surface area contributed by atoms with E-state index in [1.165, 1.54) is 0 Å². The van der Waals surface area contributed by atoms with Gasteiger partial charge in [0.15, 0.2) is 5.69 Å². The zero-order chi connectivity index (χ0) is 65.4. The van der Waals surface area contributed by atoms with Crippen LogP contribution in [-0.4, -0.2) is 283 Å². The van der Waals surface area contributed by atoms with Gasteiger partial charge in [-0.25, -0.2) is 9.48 Å². The third-order valence-corrected chi connectivity index (χ3v) is 14.7. The number of carboxylic acid groups (broad SMARTS) is 2. The van der Waals surface area contributed by atoms with Crippen molar-refractivity contribution >= 4 is 65.0 Å². The number of rotatable bonds is 34. The number of anilines is 1. The highest BCUT2D eigenvalue weighted by molar-refractivity contribution is 6.34. The molecule has 2 aliphatic rings. The molecule has 1 saturated heterocycles. The fourth-order valence-corrected chi connectivity index (χ4v) is 9.86. The number of urea groups is 1. The Kier molecular flexibility index (Phi) is 32.7. The van der Waals surface area contributed by atoms with Crippen molar-refractivity contribution in [2.24, 2.45) is 0 Å². The zero-order valence-electron chi connectivity index (χ0n) is 52.3. The summed E-state index contributed by atoms with van der Waals surface area (Å²) in [5, 5.41) is 40.0. The van der Waals surface area contributed by atoms with Gasteiger partial charge in [-0.2, -0.15) is 5.10 Å². The van der Waals surface area contributed by atoms with Crippen molar-refractivity contribution in [2.75, 3.05) is 197 Å². The van der Waals surface area contributed by atoms with Crippen LogP contribution in [0.25, 0.3) is 28.1 Å². The number of carbonyl (C=O) groups excluding carboxylic acids is 4. The molecule has 1 fully saturated rings. The topological polar surface area (TPSA) is 307 Å². The number of nitrogens with zero attached hydrogens (tertiary/aromatic N) is 7. The molecular formula is C61H88Cl2N10O17. The number of fused-ring (bicyclic) bond motifs is 3. The number of aliphatic carboxylic acids is 2. The van der Waals surface area contributed by atoms with Crippen LogP contribution in [0.1, 0.15) is 36.8 Å². The maximum absolute atomic E-state index is 14.0. The number of ether oxygens (including phenoxy) is 8. The van der Waals surface area contributed by atoms with Crippen molar-refractivity contribution in [2.45, 2.75) is 32.9 Å². The normalized spacial score (nSPS) is 14.3. The SMILES string of the molecule is CO.COc1cc2c(cc1-c1ccc(NC(=O)NCCOCCOCCOCCOCCOCCOCCNC(=O)CN3CCN(CC=O)CCN(CC(=O)O)CCN(CC(=O)O)CC3)cc1)-c1c(c(C(=O)N(C)C(C)(C)C)nn1-c1cc(Cl)cc(Cl)c1)CO2. The Bertz CT molecular complexity index is 2880. The van der Waals surface area contributed by atoms with E-state index in [1.807, 2.05) is 54.8 Å². The number of carboxylic acids is 2. The first-order chi connectivity index (χ1) is 43.3. The van der Waals surface area contributed by atoms with Crippen LogP contribution in [0.4, 0.5) is 10.5 Å². The van der Waals surface area contributed by atoms with Crippen molar-refractivity contribution in [3.8, 4) is 39.6 Å². The summed E-state index contributed by atoms with van der Waals surface area (Å²) in [4.78, 5) is 82.9. The molecule has 0 radical (unpaired) electrons. The second kappa shape index (κ2) is 39.6. The molecule has 29 heteroatoms. The second-order valence-corrected chi connectivity index (χ2v) is 22.5. The first-order valence-corrected chi connectivity index (χ1v) is 30.4. The van der Waals surface area contributed by atoms with Crippen LogP contribution >= 0.6 is 23.2 Å². The molecular weight excluding hydrogens is 1220 g/mol. The van der Waals surface area contributed by atoms with Gasteiger partial charge >= 0.3 is 18.0 Å². The van der Waals surface area contributed by atoms with Crippen molar-refractivity contribution in [3.63, 3.8) is 0 Å². The predicted molar refractivity (Wildman–Crippen MR) is 337 cm³/mol. The summed E-state index contributed by atoms with van der Waals surface area (Å²) in [6.07, 6.45) is 0.797. The van der Waals surface area contributed by atoms with Crippen molar-refractivity contribution in [1.82, 2.24) is 44.9 Å². The Morgan fingerprint density at radius 2 is 1.11 bits per heavy atom. The van der Waals surface area contributed by atoms with Crippen LogP contribution in [0.2, 0.25) is 10.0 Å². The maximum Gasteiger partial charge on any atom is 0.319 e. The van der Waals surface area contributed by atoms with Crippen LogP contribution in [0.15, 0.2) is 54.6 Å². The molecule has 1 aromatic heterocycles. The Balaban J connectivity index is 0.00000729. The minimum Gasteiger partial charge on any atom is -0.496 e. The van der Waals surface area contributed by atoms with E-state index in [-0.39, 0.29) is 70.1 Å². The fraction of sp³-hybridized carbons (Fsp3) is 0.557. The van der Waals surface area contributed by atoms with E-state index in [0.29, 0.717) is 175 Å². The van der Waals surface area contributed by atoms with Gasteiger partial charge < -0.3 is 78.9 Å². The highest BCUT2D eigenvalue weighted by atomic mass is 35.5. The van der Waals surface area contributed by atoms with E-state index in [4.69, 9.17) is 71.3 Å². The number of nitrogens with one attached hydrogen (secondary N) is 3. The molecule has 0 saturated carbocycles. The molecule has 3 heterocycles. The highest BCUT2D eigenvalue weighted by Gasteiger charge is 2.35. The second-order valence-electron chi connectivity index (χ2n) is 21.7. The molecule has 0 bridgehead atoms. The standard InChI is InChI=1S/C60H84Cl2N10O16.CH4O/c1-60(2,3)67(4)58(79)56-50-42-88-52-38-51(81-5)48(37-49(52)57(50)72(66-56)47-35-44(61)34-45(62)36-47)43-6-8-46(9-7-43)65-59(80)64-11-23-83-25-27-85-29-31-87-33-32-86-30-28-84-26-24-82-22-10-63-53(74)39-69-14-12-68(20-21-73)13-15-70(40-54(75)76)18-19-71(17-16-69)41-55(77)78;1-2/h6-9,21,34-38H,10-20,22-33,39-42H2,1-5H3,(H,63,74)(H,75,76)(H,77,78)(H2,64,65,80);2H,1H3. The van der Waals surface area contributed by atoms with Crippen molar-refractivity contribution in [3.05, 3.63) is 75.9 Å². The number of amides is 4. The fourth-order valence-electron chi connectivity index (χ4n) is 9.35. The molecule has 4 amide bonds. The summed E-state index contributed by atoms with van der Waals surface area (Å²) >= 11 is 12.9. The Labute approximate surface area is 535 Å². The lowest BCUT2D eigenvalue weighted by Crippen LogP contribution is -2.49. The van der Waals surface area contributed by atoms with E-state index >= 15 is 0 Å². The number of aliphatic hydroxyl groups is 1. The summed E-state index contributed by atoms with van der Waals surface area (Å²) in [6.45, 7) is 13.8. The quantitative estimate of drug-likeness (QED) is 0.0286. The molecule has 2 aliphatic heterocycles. The lowest BCUT2D eigenvalue weighted by atomic mass is 9.95. The highest BCUT2D eigenvalue weighted by Crippen LogP contribution is 2.46. The number of benzene rings is 3. The molecule has 4 aromatic rings. The summed E-state index contributed by atoms with van der Waals surface area (Å²) in [7, 11) is 4.32. The van der Waals surface area contributed by atoms with Gasteiger partial charge in [0, 0.05) is 124 Å². The molecule has 0 spiro atoms. The number of halogens is 2. The van der Waals surface area contributed by atoms with Gasteiger partial charge in [-0.15, -0.1) is 0 Å². The van der Waals surface area contributed by atoms with E-state index in [2.05, 4.69) is 16.0 Å². The molecule has 6 N–H and O–H groups in total. The zero-order valence-corrected chi connectivity index (χ0v) is 53.8. The molecule has 27 nitrogen and oxygen atoms in total. The maximum atomic E-state index is 14.0. The number of aldehydes is 1. The van der Waals surface area contributed by atoms with Crippen molar-refractivity contribution in [1.29, 1.82) is 0 Å². The van der Waals surface area contributed by atoms with Crippen LogP contribution in [0.5, 0.6) is 11.5 Å². The molecule has 3 aromatic carbocycles. The Morgan fingerprint density at radius 1 is 0.644 bits per heavy atom. The lowest BCUT2D eigenvalue weighted by Gasteiger charge is -2.32. The molecule has 90 heavy (non-hydrogen) atoms. The van der Waals surface area contributed by atoms with Crippen LogP contribution in [0, 0.1) is 0 Å². The number of aromatic nitrogens is 2. The number of hydrogen-bond donors (Lipinski definition) is 6. The molecule has 0 unspecified atom stereocenters. The average Bonchev–Trinajstić information content (AvgIpc) is 1.54. The number of carbonyl (C=O) groups is 6. The summed E-state index contributed by atoms with van der Waals surface area (Å²) in [5.41, 5.74) is 4.40. The lowest BCUT2D eigenvalue weighted by molar-refractivity contribution is -0.140. The summed E-state index contributed by atoms with van der Waals surface area (Å²) < 4.78 is 47.3. The number of aliphatic hydroxyl groups excluding tert-OH is 1. The Hall–Kier alpha value is -6.57. The minimum atomic E-state index is -0.995. The van der Waals surface area contributed by atoms with Gasteiger partial charge in [-0.3, -0.25) is 38.8 Å². The van der Waals surface area contributed by atoms with E-state index in [9.17, 15) is 39.0 Å². The van der Waals surface area contributed by atoms with Crippen molar-refractivity contribution < 1.29 is 82.0 Å². The van der Waals surface area contributed by atoms with Gasteiger partial charge in [0.05, 0.1) is 124 Å². The molecule has 6 rings (SSSR count). The first kappa shape index (κ1) is 74.2. The average molecular weight is 1300 g/mol. The molecule has 0 aliphatic carbocycles. The van der Waals surface area contributed by atoms with Crippen LogP contribution in [0.3, 0.4) is 0 Å². The largest absolute Gasteiger partial charge is 0.496 e. The van der Waals surface area contributed by atoms with Crippen LogP contribution in [-0.2, 0) is 54.2 Å². The third kappa shape index (κ3) is 25.3. The summed E-state index contributed by atoms with van der Waals surface area (Å²) in [5.74, 6) is -1.35. The monoisotopic (exact) mass is 1300 g/mol. The first-order valence-electron chi connectivity index (χ1n) is 29.6. The van der Waals surface area contributed by atoms with Gasteiger partial charge in [-0.1, -0.05) is 35.3 Å².